The van der Waals surface area contributed by atoms with Gasteiger partial charge in [0.25, 0.3) is 0 Å². The molecule has 11 aromatic rings. The van der Waals surface area contributed by atoms with E-state index < -0.39 is 113 Å². The largest absolute Gasteiger partial charge is 0.309 e. The number of fused-ring (bicyclic) bond motifs is 9. The van der Waals surface area contributed by atoms with Crippen LogP contribution in [0, 0.1) is 0 Å². The van der Waals surface area contributed by atoms with Crippen LogP contribution in [0.25, 0.3) is 93.6 Å². The Labute approximate surface area is 321 Å². The zero-order valence-electron chi connectivity index (χ0n) is 45.3. The molecule has 0 bridgehead atoms. The van der Waals surface area contributed by atoms with Crippen molar-refractivity contribution in [1.29, 1.82) is 0 Å². The van der Waals surface area contributed by atoms with Gasteiger partial charge >= 0.3 is 0 Å². The molecule has 8 aromatic carbocycles. The number of rotatable bonds is 4. The van der Waals surface area contributed by atoms with E-state index >= 15 is 0 Å². The van der Waals surface area contributed by atoms with Crippen LogP contribution in [0.5, 0.6) is 0 Å². The summed E-state index contributed by atoms with van der Waals surface area (Å²) in [6.07, 6.45) is 0. The summed E-state index contributed by atoms with van der Waals surface area (Å²) in [5, 5.41) is -0.197. The zero-order valence-corrected chi connectivity index (χ0v) is 26.3. The Hall–Kier alpha value is -6.84. The van der Waals surface area contributed by atoms with Crippen LogP contribution in [0.4, 0.5) is 0 Å². The number of aromatic nitrogens is 3. The minimum Gasteiger partial charge on any atom is -0.309 e. The number of benzene rings is 8. The summed E-state index contributed by atoms with van der Waals surface area (Å²) < 4.78 is 174. The molecule has 0 saturated carbocycles. The first kappa shape index (κ1) is 15.4. The monoisotopic (exact) mass is 668 g/mol. The molecule has 0 aliphatic carbocycles. The third-order valence-electron chi connectivity index (χ3n) is 9.27. The Morgan fingerprint density at radius 3 is 1.59 bits per heavy atom. The van der Waals surface area contributed by atoms with Crippen molar-refractivity contribution in [2.45, 2.75) is 0 Å². The molecule has 0 fully saturated rings. The number of nitrogens with zero attached hydrogens (tertiary/aromatic N) is 3. The second kappa shape index (κ2) is 10.8. The van der Waals surface area contributed by atoms with Crippen molar-refractivity contribution >= 4 is 65.4 Å². The minimum absolute atomic E-state index is 0.172. The topological polar surface area (TPSA) is 14.8 Å². The lowest BCUT2D eigenvalue weighted by Gasteiger charge is -2.15. The molecular weight excluding hydrogens is 619 g/mol. The molecule has 51 heavy (non-hydrogen) atoms. The fourth-order valence-electron chi connectivity index (χ4n) is 7.16. The Balaban J connectivity index is 1.26. The molecule has 0 atom stereocenters. The van der Waals surface area contributed by atoms with E-state index in [1.807, 2.05) is 6.07 Å². The molecule has 0 amide bonds. The van der Waals surface area contributed by atoms with Gasteiger partial charge in [-0.25, -0.2) is 0 Å². The summed E-state index contributed by atoms with van der Waals surface area (Å²) in [6, 6.07) is 9.78. The second-order valence-corrected chi connectivity index (χ2v) is 11.9. The number of hydrogen-bond acceptors (Lipinski definition) is 0. The lowest BCUT2D eigenvalue weighted by molar-refractivity contribution is 1.16. The van der Waals surface area contributed by atoms with Gasteiger partial charge in [-0.1, -0.05) is 121 Å². The van der Waals surface area contributed by atoms with Gasteiger partial charge in [0.05, 0.1) is 64.8 Å². The van der Waals surface area contributed by atoms with E-state index in [0.29, 0.717) is 33.1 Å². The van der Waals surface area contributed by atoms with Gasteiger partial charge in [0, 0.05) is 49.3 Å². The quantitative estimate of drug-likeness (QED) is 0.177. The molecule has 0 radical (unpaired) electrons. The summed E-state index contributed by atoms with van der Waals surface area (Å²) in [4.78, 5) is 0. The van der Waals surface area contributed by atoms with Gasteiger partial charge in [-0.2, -0.15) is 0 Å². The maximum Gasteiger partial charge on any atom is 0.0652 e. The van der Waals surface area contributed by atoms with Crippen molar-refractivity contribution in [1.82, 2.24) is 13.7 Å². The third kappa shape index (κ3) is 4.06. The van der Waals surface area contributed by atoms with E-state index in [-0.39, 0.29) is 61.9 Å². The van der Waals surface area contributed by atoms with E-state index in [4.69, 9.17) is 19.2 Å². The molecule has 3 heteroatoms. The molecule has 0 unspecified atom stereocenters. The van der Waals surface area contributed by atoms with Gasteiger partial charge in [0.1, 0.15) is 0 Å². The molecular formula is C48H31N3. The smallest absolute Gasteiger partial charge is 0.0652 e. The zero-order chi connectivity index (χ0) is 50.0. The van der Waals surface area contributed by atoms with E-state index in [1.165, 1.54) is 4.57 Å². The Kier molecular flexibility index (Phi) is 3.26. The first-order chi connectivity index (χ1) is 33.2. The number of hydrogen-bond donors (Lipinski definition) is 0. The summed E-state index contributed by atoms with van der Waals surface area (Å²) in [6.45, 7) is 0. The highest BCUT2D eigenvalue weighted by molar-refractivity contribution is 6.13. The average molecular weight is 669 g/mol. The predicted octanol–water partition coefficient (Wildman–Crippen LogP) is 12.6. The van der Waals surface area contributed by atoms with E-state index in [9.17, 15) is 6.85 Å². The van der Waals surface area contributed by atoms with E-state index in [2.05, 4.69) is 0 Å². The first-order valence-corrected chi connectivity index (χ1v) is 16.0. The van der Waals surface area contributed by atoms with Gasteiger partial charge in [-0.3, -0.25) is 0 Å². The third-order valence-corrected chi connectivity index (χ3v) is 9.27. The van der Waals surface area contributed by atoms with Crippen LogP contribution >= 0.6 is 0 Å². The Morgan fingerprint density at radius 2 is 0.882 bits per heavy atom. The van der Waals surface area contributed by atoms with Crippen LogP contribution < -0.4 is 0 Å². The first-order valence-electron chi connectivity index (χ1n) is 25.5. The van der Waals surface area contributed by atoms with Gasteiger partial charge in [0.2, 0.25) is 0 Å². The molecule has 0 spiro atoms. The highest BCUT2D eigenvalue weighted by Crippen LogP contribution is 2.39. The van der Waals surface area contributed by atoms with Crippen molar-refractivity contribution in [2.24, 2.45) is 0 Å². The van der Waals surface area contributed by atoms with Gasteiger partial charge in [-0.15, -0.1) is 0 Å². The fourth-order valence-corrected chi connectivity index (χ4v) is 7.16. The van der Waals surface area contributed by atoms with Gasteiger partial charge in [-0.05, 0) is 72.1 Å². The highest BCUT2D eigenvalue weighted by Gasteiger charge is 2.18. The van der Waals surface area contributed by atoms with Crippen LogP contribution in [0.15, 0.2) is 188 Å². The Morgan fingerprint density at radius 1 is 0.353 bits per heavy atom. The van der Waals surface area contributed by atoms with Gasteiger partial charge < -0.3 is 13.7 Å². The van der Waals surface area contributed by atoms with E-state index in [1.54, 1.807) is 71.3 Å². The standard InChI is InChI=1S/C48H31N3/c1-7-22-42(51-46-26-11-4-19-38(46)39-20-5-12-27-47(39)51)35(16-1)32-14-13-15-33(30-32)49-45-25-10-6-21-40(45)41-31-34(28-29-48(41)49)50-43-23-8-2-17-36(43)37-18-3-9-24-44(37)50/h1-31H/i2D,3D,4D,6D,8D,9D,10D,11D,17D,18D,19D,21D,23D,24D,25D,26D,28D,29D,31D. The molecule has 0 N–H and O–H groups in total. The molecule has 238 valence electrons. The summed E-state index contributed by atoms with van der Waals surface area (Å²) in [5.41, 5.74) is 0.966. The molecule has 0 saturated heterocycles. The SMILES string of the molecule is [2H]c1c([2H])c([2H])c2c(c1[2H])c1ccccc1n2-c1ccccc1-c1cccc(-n2c3c([2H])c([2H])c([2H])c([2H])c3c3c([2H])c(-n4c5c([2H])c([2H])c([2H])c([2H])c5c5c([2H])c([2H])c([2H])c([2H])c54)c([2H])c([2H])c32)c1. The van der Waals surface area contributed by atoms with Crippen LogP contribution in [-0.4, -0.2) is 13.7 Å². The molecule has 3 heterocycles. The van der Waals surface area contributed by atoms with Crippen LogP contribution in [-0.2, 0) is 0 Å². The average Bonchev–Trinajstić information content (AvgIpc) is 4.03. The molecule has 3 aromatic heterocycles. The van der Waals surface area contributed by atoms with Crippen LogP contribution in [0.3, 0.4) is 0 Å². The molecule has 11 rings (SSSR count). The summed E-state index contributed by atoms with van der Waals surface area (Å²) in [5.74, 6) is 0. The lowest BCUT2D eigenvalue weighted by Crippen LogP contribution is -1.98. The predicted molar refractivity (Wildman–Crippen MR) is 215 cm³/mol. The van der Waals surface area contributed by atoms with Crippen molar-refractivity contribution in [3.05, 3.63) is 188 Å². The van der Waals surface area contributed by atoms with E-state index in [0.717, 1.165) is 4.57 Å². The molecule has 0 aliphatic heterocycles. The molecule has 3 nitrogen and oxygen atoms in total. The second-order valence-electron chi connectivity index (χ2n) is 11.9. The van der Waals surface area contributed by atoms with Crippen molar-refractivity contribution in [3.63, 3.8) is 0 Å². The summed E-state index contributed by atoms with van der Waals surface area (Å²) in [7, 11) is 0. The van der Waals surface area contributed by atoms with Crippen LogP contribution in [0.2, 0.25) is 0 Å². The maximum atomic E-state index is 9.94. The van der Waals surface area contributed by atoms with Gasteiger partial charge in [0.15, 0.2) is 0 Å². The normalized spacial score (nSPS) is 17.1. The minimum atomic E-state index is -0.739. The Bertz CT molecular complexity index is 4170. The number of para-hydroxylation sites is 6. The molecule has 0 aliphatic rings. The highest BCUT2D eigenvalue weighted by atomic mass is 15.0. The van der Waals surface area contributed by atoms with Crippen LogP contribution in [0.1, 0.15) is 26.0 Å². The summed E-state index contributed by atoms with van der Waals surface area (Å²) >= 11 is 0. The van der Waals surface area contributed by atoms with Crippen molar-refractivity contribution < 1.29 is 26.0 Å². The lowest BCUT2D eigenvalue weighted by atomic mass is 10.0. The van der Waals surface area contributed by atoms with Crippen molar-refractivity contribution in [3.8, 4) is 28.2 Å². The van der Waals surface area contributed by atoms with Crippen molar-refractivity contribution in [2.75, 3.05) is 0 Å². The fraction of sp³-hybridized carbons (Fsp3) is 0. The maximum absolute atomic E-state index is 9.94.